The minimum absolute atomic E-state index is 0.156. The zero-order valence-corrected chi connectivity index (χ0v) is 10.8. The third-order valence-corrected chi connectivity index (χ3v) is 3.81. The van der Waals surface area contributed by atoms with E-state index in [4.69, 9.17) is 4.74 Å². The second-order valence-corrected chi connectivity index (χ2v) is 5.50. The molecule has 0 aromatic carbocycles. The minimum atomic E-state index is -0.485. The highest BCUT2D eigenvalue weighted by atomic mass is 16.5. The number of rotatable bonds is 3. The van der Waals surface area contributed by atoms with Crippen LogP contribution in [-0.2, 0) is 9.53 Å². The van der Waals surface area contributed by atoms with Crippen molar-refractivity contribution in [3.63, 3.8) is 0 Å². The SMILES string of the molecule is CCOC(=O)C1(C)CCC(C(C)C)C(O)C1. The van der Waals surface area contributed by atoms with E-state index >= 15 is 0 Å². The van der Waals surface area contributed by atoms with E-state index in [2.05, 4.69) is 13.8 Å². The molecule has 0 spiro atoms. The average molecular weight is 228 g/mol. The highest BCUT2D eigenvalue weighted by molar-refractivity contribution is 5.76. The predicted molar refractivity (Wildman–Crippen MR) is 62.9 cm³/mol. The van der Waals surface area contributed by atoms with E-state index in [0.717, 1.165) is 12.8 Å². The normalized spacial score (nSPS) is 35.1. The van der Waals surface area contributed by atoms with Crippen LogP contribution in [0.15, 0.2) is 0 Å². The van der Waals surface area contributed by atoms with Gasteiger partial charge in [0.2, 0.25) is 0 Å². The number of esters is 1. The maximum atomic E-state index is 11.8. The molecule has 0 amide bonds. The molecule has 1 saturated carbocycles. The van der Waals surface area contributed by atoms with Crippen LogP contribution in [0.5, 0.6) is 0 Å². The van der Waals surface area contributed by atoms with Crippen molar-refractivity contribution in [2.45, 2.75) is 53.1 Å². The lowest BCUT2D eigenvalue weighted by Crippen LogP contribution is -2.42. The van der Waals surface area contributed by atoms with Gasteiger partial charge in [-0.1, -0.05) is 13.8 Å². The van der Waals surface area contributed by atoms with Crippen LogP contribution in [0.3, 0.4) is 0 Å². The van der Waals surface area contributed by atoms with E-state index in [1.165, 1.54) is 0 Å². The van der Waals surface area contributed by atoms with Gasteiger partial charge in [-0.25, -0.2) is 0 Å². The maximum Gasteiger partial charge on any atom is 0.311 e. The summed E-state index contributed by atoms with van der Waals surface area (Å²) in [6, 6.07) is 0. The van der Waals surface area contributed by atoms with Gasteiger partial charge in [0.25, 0.3) is 0 Å². The lowest BCUT2D eigenvalue weighted by molar-refractivity contribution is -0.160. The van der Waals surface area contributed by atoms with E-state index in [-0.39, 0.29) is 12.1 Å². The number of carbonyl (C=O) groups is 1. The Hall–Kier alpha value is -0.570. The van der Waals surface area contributed by atoms with Gasteiger partial charge in [0.1, 0.15) is 0 Å². The second kappa shape index (κ2) is 5.17. The lowest BCUT2D eigenvalue weighted by atomic mass is 9.67. The maximum absolute atomic E-state index is 11.8. The van der Waals surface area contributed by atoms with Crippen LogP contribution in [0.4, 0.5) is 0 Å². The summed E-state index contributed by atoms with van der Waals surface area (Å²) < 4.78 is 5.08. The Labute approximate surface area is 98.2 Å². The molecule has 16 heavy (non-hydrogen) atoms. The smallest absolute Gasteiger partial charge is 0.311 e. The molecule has 3 unspecified atom stereocenters. The standard InChI is InChI=1S/C13H24O3/c1-5-16-12(15)13(4)7-6-10(9(2)3)11(14)8-13/h9-11,14H,5-8H2,1-4H3. The van der Waals surface area contributed by atoms with Crippen molar-refractivity contribution in [1.82, 2.24) is 0 Å². The number of hydrogen-bond acceptors (Lipinski definition) is 3. The van der Waals surface area contributed by atoms with Crippen LogP contribution in [0.1, 0.15) is 47.0 Å². The first-order valence-electron chi connectivity index (χ1n) is 6.26. The summed E-state index contributed by atoms with van der Waals surface area (Å²) in [6.45, 7) is 8.39. The summed E-state index contributed by atoms with van der Waals surface area (Å²) in [4.78, 5) is 11.8. The number of ether oxygens (including phenoxy) is 1. The lowest BCUT2D eigenvalue weighted by Gasteiger charge is -2.40. The molecule has 0 aromatic heterocycles. The number of aliphatic hydroxyl groups is 1. The first-order valence-corrected chi connectivity index (χ1v) is 6.26. The Kier molecular flexibility index (Phi) is 4.36. The second-order valence-electron chi connectivity index (χ2n) is 5.50. The quantitative estimate of drug-likeness (QED) is 0.754. The Morgan fingerprint density at radius 3 is 2.62 bits per heavy atom. The minimum Gasteiger partial charge on any atom is -0.466 e. The molecule has 1 fully saturated rings. The van der Waals surface area contributed by atoms with E-state index in [1.54, 1.807) is 0 Å². The Morgan fingerprint density at radius 2 is 2.19 bits per heavy atom. The van der Waals surface area contributed by atoms with Crippen LogP contribution in [0.25, 0.3) is 0 Å². The van der Waals surface area contributed by atoms with Gasteiger partial charge in [0.15, 0.2) is 0 Å². The molecule has 0 heterocycles. The monoisotopic (exact) mass is 228 g/mol. The van der Waals surface area contributed by atoms with Gasteiger partial charge in [-0.05, 0) is 44.9 Å². The summed E-state index contributed by atoms with van der Waals surface area (Å²) >= 11 is 0. The van der Waals surface area contributed by atoms with Gasteiger partial charge < -0.3 is 9.84 Å². The third kappa shape index (κ3) is 2.76. The summed E-state index contributed by atoms with van der Waals surface area (Å²) in [5.41, 5.74) is -0.485. The van der Waals surface area contributed by atoms with Crippen LogP contribution in [0.2, 0.25) is 0 Å². The van der Waals surface area contributed by atoms with Gasteiger partial charge in [-0.3, -0.25) is 4.79 Å². The van der Waals surface area contributed by atoms with Crippen LogP contribution < -0.4 is 0 Å². The Bertz CT molecular complexity index is 250. The van der Waals surface area contributed by atoms with Crippen molar-refractivity contribution < 1.29 is 14.6 Å². The van der Waals surface area contributed by atoms with Crippen molar-refractivity contribution in [3.05, 3.63) is 0 Å². The zero-order chi connectivity index (χ0) is 12.3. The molecule has 3 nitrogen and oxygen atoms in total. The van der Waals surface area contributed by atoms with Gasteiger partial charge >= 0.3 is 5.97 Å². The molecular formula is C13H24O3. The highest BCUT2D eigenvalue weighted by Gasteiger charge is 2.43. The largest absolute Gasteiger partial charge is 0.466 e. The number of carbonyl (C=O) groups excluding carboxylic acids is 1. The van der Waals surface area contributed by atoms with Crippen LogP contribution in [0, 0.1) is 17.3 Å². The van der Waals surface area contributed by atoms with Gasteiger partial charge in [0.05, 0.1) is 18.1 Å². The van der Waals surface area contributed by atoms with E-state index in [9.17, 15) is 9.90 Å². The first kappa shape index (κ1) is 13.5. The molecule has 1 N–H and O–H groups in total. The molecule has 94 valence electrons. The average Bonchev–Trinajstić information content (AvgIpc) is 2.17. The molecule has 1 aliphatic rings. The first-order chi connectivity index (χ1) is 7.40. The molecule has 0 aromatic rings. The van der Waals surface area contributed by atoms with Crippen molar-refractivity contribution in [1.29, 1.82) is 0 Å². The molecule has 3 heteroatoms. The van der Waals surface area contributed by atoms with Crippen molar-refractivity contribution in [2.75, 3.05) is 6.61 Å². The van der Waals surface area contributed by atoms with Gasteiger partial charge in [-0.15, -0.1) is 0 Å². The molecule has 1 rings (SSSR count). The third-order valence-electron chi connectivity index (χ3n) is 3.81. The van der Waals surface area contributed by atoms with Crippen LogP contribution in [-0.4, -0.2) is 23.8 Å². The number of aliphatic hydroxyl groups excluding tert-OH is 1. The van der Waals surface area contributed by atoms with Crippen molar-refractivity contribution >= 4 is 5.97 Å². The molecule has 0 radical (unpaired) electrons. The van der Waals surface area contributed by atoms with E-state index in [1.807, 2.05) is 13.8 Å². The fourth-order valence-electron chi connectivity index (χ4n) is 2.66. The number of hydrogen-bond donors (Lipinski definition) is 1. The Morgan fingerprint density at radius 1 is 1.56 bits per heavy atom. The van der Waals surface area contributed by atoms with E-state index in [0.29, 0.717) is 24.9 Å². The fraction of sp³-hybridized carbons (Fsp3) is 0.923. The summed E-state index contributed by atoms with van der Waals surface area (Å²) in [5, 5.41) is 10.1. The molecular weight excluding hydrogens is 204 g/mol. The van der Waals surface area contributed by atoms with Crippen LogP contribution >= 0.6 is 0 Å². The predicted octanol–water partition coefficient (Wildman–Crippen LogP) is 2.37. The van der Waals surface area contributed by atoms with Crippen molar-refractivity contribution in [3.8, 4) is 0 Å². The zero-order valence-electron chi connectivity index (χ0n) is 10.8. The summed E-state index contributed by atoms with van der Waals surface area (Å²) in [6.07, 6.45) is 1.90. The molecule has 0 bridgehead atoms. The van der Waals surface area contributed by atoms with Crippen molar-refractivity contribution in [2.24, 2.45) is 17.3 Å². The molecule has 3 atom stereocenters. The summed E-state index contributed by atoms with van der Waals surface area (Å²) in [5.74, 6) is 0.639. The fourth-order valence-corrected chi connectivity index (χ4v) is 2.66. The van der Waals surface area contributed by atoms with Gasteiger partial charge in [0, 0.05) is 0 Å². The summed E-state index contributed by atoms with van der Waals surface area (Å²) in [7, 11) is 0. The topological polar surface area (TPSA) is 46.5 Å². The molecule has 0 aliphatic heterocycles. The molecule has 1 aliphatic carbocycles. The van der Waals surface area contributed by atoms with E-state index < -0.39 is 5.41 Å². The highest BCUT2D eigenvalue weighted by Crippen LogP contribution is 2.42. The molecule has 0 saturated heterocycles. The van der Waals surface area contributed by atoms with Gasteiger partial charge in [-0.2, -0.15) is 0 Å². The Balaban J connectivity index is 2.65.